The summed E-state index contributed by atoms with van der Waals surface area (Å²) >= 11 is 5.19. The van der Waals surface area contributed by atoms with Crippen LogP contribution in [-0.4, -0.2) is 23.1 Å². The summed E-state index contributed by atoms with van der Waals surface area (Å²) in [6, 6.07) is 4.93. The first-order valence-electron chi connectivity index (χ1n) is 5.87. The average Bonchev–Trinajstić information content (AvgIpc) is 2.27. The number of ether oxygens (including phenoxy) is 1. The van der Waals surface area contributed by atoms with E-state index >= 15 is 0 Å². The second-order valence-corrected chi connectivity index (χ2v) is 4.91. The largest absolute Gasteiger partial charge is 0.504 e. The first-order chi connectivity index (χ1) is 8.92. The highest BCUT2D eigenvalue weighted by Crippen LogP contribution is 2.28. The molecule has 0 bridgehead atoms. The number of phenols is 1. The van der Waals surface area contributed by atoms with Crippen LogP contribution in [0, 0.1) is 5.92 Å². The Morgan fingerprint density at radius 3 is 2.74 bits per heavy atom. The van der Waals surface area contributed by atoms with Crippen LogP contribution in [0.2, 0.25) is 0 Å². The first kappa shape index (κ1) is 15.2. The molecule has 4 N–H and O–H groups in total. The predicted molar refractivity (Wildman–Crippen MR) is 78.5 cm³/mol. The number of amides is 1. The second kappa shape index (κ2) is 6.94. The van der Waals surface area contributed by atoms with E-state index in [1.807, 2.05) is 6.92 Å². The van der Waals surface area contributed by atoms with Gasteiger partial charge in [-0.2, -0.15) is 0 Å². The van der Waals surface area contributed by atoms with Crippen LogP contribution in [0.1, 0.15) is 19.8 Å². The van der Waals surface area contributed by atoms with E-state index in [4.69, 9.17) is 22.7 Å². The summed E-state index contributed by atoms with van der Waals surface area (Å²) < 4.78 is 4.95. The lowest BCUT2D eigenvalue weighted by Crippen LogP contribution is -2.19. The maximum absolute atomic E-state index is 10.8. The number of thiocarbonyl (C=S) groups is 1. The lowest BCUT2D eigenvalue weighted by Gasteiger charge is -2.13. The van der Waals surface area contributed by atoms with Gasteiger partial charge in [0, 0.05) is 24.6 Å². The molecule has 1 atom stereocenters. The van der Waals surface area contributed by atoms with E-state index in [1.54, 1.807) is 12.1 Å². The molecule has 0 aromatic heterocycles. The minimum atomic E-state index is -0.336. The van der Waals surface area contributed by atoms with Crippen molar-refractivity contribution in [3.63, 3.8) is 0 Å². The zero-order valence-corrected chi connectivity index (χ0v) is 11.8. The Morgan fingerprint density at radius 2 is 2.21 bits per heavy atom. The van der Waals surface area contributed by atoms with Crippen LogP contribution in [0.3, 0.4) is 0 Å². The van der Waals surface area contributed by atoms with Crippen LogP contribution in [0.4, 0.5) is 5.69 Å². The molecular weight excluding hydrogens is 264 g/mol. The van der Waals surface area contributed by atoms with Gasteiger partial charge in [0.15, 0.2) is 11.5 Å². The summed E-state index contributed by atoms with van der Waals surface area (Å²) in [6.45, 7) is 1.91. The Balaban J connectivity index is 2.57. The number of methoxy groups -OCH3 is 1. The van der Waals surface area contributed by atoms with Crippen molar-refractivity contribution in [2.45, 2.75) is 19.8 Å². The van der Waals surface area contributed by atoms with Crippen LogP contribution < -0.4 is 15.8 Å². The summed E-state index contributed by atoms with van der Waals surface area (Å²) in [5.41, 5.74) is 5.80. The second-order valence-electron chi connectivity index (χ2n) is 4.41. The van der Waals surface area contributed by atoms with Gasteiger partial charge in [0.25, 0.3) is 0 Å². The van der Waals surface area contributed by atoms with Gasteiger partial charge in [0.1, 0.15) is 0 Å². The first-order valence-corrected chi connectivity index (χ1v) is 6.28. The van der Waals surface area contributed by atoms with Gasteiger partial charge in [-0.1, -0.05) is 19.1 Å². The number of benzene rings is 1. The van der Waals surface area contributed by atoms with Crippen molar-refractivity contribution < 1.29 is 14.6 Å². The van der Waals surface area contributed by atoms with Crippen molar-refractivity contribution in [2.24, 2.45) is 11.7 Å². The zero-order chi connectivity index (χ0) is 14.4. The third kappa shape index (κ3) is 5.13. The highest BCUT2D eigenvalue weighted by molar-refractivity contribution is 7.80. The molecule has 0 aliphatic heterocycles. The summed E-state index contributed by atoms with van der Waals surface area (Å²) in [5.74, 6) is 0.195. The summed E-state index contributed by atoms with van der Waals surface area (Å²) in [7, 11) is 1.48. The molecular formula is C13H18N2O3S. The van der Waals surface area contributed by atoms with Gasteiger partial charge < -0.3 is 20.9 Å². The fraction of sp³-hybridized carbons (Fsp3) is 0.385. The Hall–Kier alpha value is -1.82. The van der Waals surface area contributed by atoms with Crippen molar-refractivity contribution in [1.82, 2.24) is 0 Å². The lowest BCUT2D eigenvalue weighted by atomic mass is 10.0. The minimum absolute atomic E-state index is 0.0421. The maximum atomic E-state index is 10.8. The van der Waals surface area contributed by atoms with Crippen molar-refractivity contribution in [2.75, 3.05) is 12.4 Å². The van der Waals surface area contributed by atoms with Gasteiger partial charge in [0.2, 0.25) is 5.91 Å². The minimum Gasteiger partial charge on any atom is -0.504 e. The predicted octanol–water partition coefficient (Wildman–Crippen LogP) is 2.04. The molecule has 0 saturated heterocycles. The molecule has 1 aromatic carbocycles. The molecule has 0 saturated carbocycles. The summed E-state index contributed by atoms with van der Waals surface area (Å²) in [5, 5.41) is 12.6. The van der Waals surface area contributed by atoms with E-state index < -0.39 is 0 Å². The van der Waals surface area contributed by atoms with E-state index in [-0.39, 0.29) is 17.6 Å². The maximum Gasteiger partial charge on any atom is 0.217 e. The van der Waals surface area contributed by atoms with Crippen LogP contribution >= 0.6 is 12.2 Å². The molecule has 0 radical (unpaired) electrons. The molecule has 0 heterocycles. The molecule has 1 amide bonds. The lowest BCUT2D eigenvalue weighted by molar-refractivity contribution is -0.118. The van der Waals surface area contributed by atoms with E-state index in [1.165, 1.54) is 13.2 Å². The number of aromatic hydroxyl groups is 1. The van der Waals surface area contributed by atoms with Crippen molar-refractivity contribution >= 4 is 28.8 Å². The smallest absolute Gasteiger partial charge is 0.217 e. The molecule has 0 fully saturated rings. The number of primary amides is 1. The fourth-order valence-electron chi connectivity index (χ4n) is 1.71. The highest BCUT2D eigenvalue weighted by Gasteiger charge is 2.10. The molecule has 0 spiro atoms. The van der Waals surface area contributed by atoms with Crippen LogP contribution in [0.5, 0.6) is 11.5 Å². The molecule has 6 heteroatoms. The third-order valence-electron chi connectivity index (χ3n) is 2.55. The average molecular weight is 282 g/mol. The van der Waals surface area contributed by atoms with E-state index in [2.05, 4.69) is 5.32 Å². The van der Waals surface area contributed by atoms with Gasteiger partial charge in [-0.05, 0) is 18.1 Å². The molecule has 104 valence electrons. The van der Waals surface area contributed by atoms with Gasteiger partial charge >= 0.3 is 0 Å². The van der Waals surface area contributed by atoms with Gasteiger partial charge in [-0.25, -0.2) is 0 Å². The quantitative estimate of drug-likeness (QED) is 0.695. The van der Waals surface area contributed by atoms with E-state index in [0.717, 1.165) is 0 Å². The number of nitrogens with two attached hydrogens (primary N) is 1. The number of hydrogen-bond donors (Lipinski definition) is 3. The standard InChI is InChI=1S/C13H18N2O3S/c1-8(5-12(14)17)6-13(19)15-9-3-4-11(18-2)10(16)7-9/h3-4,7-8,16H,5-6H2,1-2H3,(H2,14,17)(H,15,19)/t8-/m1/s1. The van der Waals surface area contributed by atoms with Crippen LogP contribution in [0.25, 0.3) is 0 Å². The SMILES string of the molecule is COc1ccc(NC(=S)C[C@H](C)CC(N)=O)cc1O. The molecule has 5 nitrogen and oxygen atoms in total. The normalized spacial score (nSPS) is 11.7. The van der Waals surface area contributed by atoms with Crippen LogP contribution in [0.15, 0.2) is 18.2 Å². The van der Waals surface area contributed by atoms with Crippen LogP contribution in [-0.2, 0) is 4.79 Å². The number of anilines is 1. The Kier molecular flexibility index (Phi) is 5.57. The molecule has 1 aromatic rings. The Bertz CT molecular complexity index is 477. The topological polar surface area (TPSA) is 84.6 Å². The fourth-order valence-corrected chi connectivity index (χ4v) is 2.11. The number of rotatable bonds is 6. The van der Waals surface area contributed by atoms with Gasteiger partial charge in [-0.15, -0.1) is 0 Å². The molecule has 0 aliphatic carbocycles. The van der Waals surface area contributed by atoms with E-state index in [9.17, 15) is 9.90 Å². The van der Waals surface area contributed by atoms with Crippen molar-refractivity contribution in [3.8, 4) is 11.5 Å². The zero-order valence-electron chi connectivity index (χ0n) is 11.0. The Morgan fingerprint density at radius 1 is 1.53 bits per heavy atom. The highest BCUT2D eigenvalue weighted by atomic mass is 32.1. The van der Waals surface area contributed by atoms with Crippen molar-refractivity contribution in [1.29, 1.82) is 0 Å². The van der Waals surface area contributed by atoms with Crippen molar-refractivity contribution in [3.05, 3.63) is 18.2 Å². The summed E-state index contributed by atoms with van der Waals surface area (Å²) in [6.07, 6.45) is 0.862. The summed E-state index contributed by atoms with van der Waals surface area (Å²) in [4.78, 5) is 11.4. The molecule has 0 unspecified atom stereocenters. The van der Waals surface area contributed by atoms with E-state index in [0.29, 0.717) is 29.3 Å². The van der Waals surface area contributed by atoms with Gasteiger partial charge in [0.05, 0.1) is 12.1 Å². The number of phenolic OH excluding ortho intramolecular Hbond substituents is 1. The van der Waals surface area contributed by atoms with Gasteiger partial charge in [-0.3, -0.25) is 4.79 Å². The molecule has 19 heavy (non-hydrogen) atoms. The number of carbonyl (C=O) groups is 1. The number of hydrogen-bond acceptors (Lipinski definition) is 4. The number of nitrogens with one attached hydrogen (secondary N) is 1. The molecule has 0 aliphatic rings. The third-order valence-corrected chi connectivity index (χ3v) is 2.81. The monoisotopic (exact) mass is 282 g/mol. The molecule has 1 rings (SSSR count). The Labute approximate surface area is 117 Å². The number of carbonyl (C=O) groups excluding carboxylic acids is 1.